The van der Waals surface area contributed by atoms with Crippen molar-refractivity contribution in [1.29, 1.82) is 0 Å². The Balaban J connectivity index is 1.01. The highest BCUT2D eigenvalue weighted by Gasteiger charge is 2.53. The van der Waals surface area contributed by atoms with Gasteiger partial charge < -0.3 is 4.57 Å². The number of thiazole rings is 2. The Hall–Kier alpha value is -2.92. The van der Waals surface area contributed by atoms with Crippen LogP contribution in [-0.4, -0.2) is 49.1 Å². The third-order valence-corrected chi connectivity index (χ3v) is 14.1. The molecule has 0 amide bonds. The van der Waals surface area contributed by atoms with E-state index >= 15 is 0 Å². The number of aromatic nitrogens is 3. The molecule has 3 heterocycles. The fourth-order valence-electron chi connectivity index (χ4n) is 9.84. The van der Waals surface area contributed by atoms with Crippen LogP contribution in [0.3, 0.4) is 0 Å². The first kappa shape index (κ1) is 27.4. The van der Waals surface area contributed by atoms with Crippen molar-refractivity contribution in [2.45, 2.75) is 77.0 Å². The van der Waals surface area contributed by atoms with Crippen LogP contribution in [0.2, 0.25) is 0 Å². The zero-order valence-electron chi connectivity index (χ0n) is 24.8. The molecule has 8 unspecified atom stereocenters. The van der Waals surface area contributed by atoms with E-state index < -0.39 is 0 Å². The van der Waals surface area contributed by atoms with Gasteiger partial charge in [0.2, 0.25) is 10.3 Å². The number of aryl methyl sites for hydroxylation is 1. The number of ketones is 4. The third-order valence-electron chi connectivity index (χ3n) is 12.1. The molecule has 6 aliphatic carbocycles. The van der Waals surface area contributed by atoms with E-state index in [1.54, 1.807) is 0 Å². The molecule has 228 valence electrons. The molecule has 3 aromatic heterocycles. The van der Waals surface area contributed by atoms with Crippen LogP contribution in [0.4, 0.5) is 10.3 Å². The van der Waals surface area contributed by atoms with Crippen LogP contribution in [0, 0.1) is 47.3 Å². The number of rotatable bonds is 2. The van der Waals surface area contributed by atoms with Crippen molar-refractivity contribution in [2.75, 3.05) is 0 Å². The number of hydrogen-bond acceptors (Lipinski definition) is 10. The molecule has 44 heavy (non-hydrogen) atoms. The van der Waals surface area contributed by atoms with Crippen molar-refractivity contribution in [3.05, 3.63) is 0 Å². The summed E-state index contributed by atoms with van der Waals surface area (Å²) < 4.78 is 3.57. The van der Waals surface area contributed by atoms with E-state index in [0.29, 0.717) is 45.2 Å². The molecule has 0 saturated heterocycles. The van der Waals surface area contributed by atoms with Crippen LogP contribution in [0.1, 0.15) is 77.0 Å². The SMILES string of the molecule is Cn1c2nc(N=C3C(=O)C4CC5CCCCC5CC4C3=O)sc2c2sc(N=C3C(=O)C4CC5CCCCC5CC4C3=O)nc21. The Morgan fingerprint density at radius 3 is 1.20 bits per heavy atom. The minimum absolute atomic E-state index is 0.0740. The van der Waals surface area contributed by atoms with Gasteiger partial charge in [0.1, 0.15) is 0 Å². The van der Waals surface area contributed by atoms with Gasteiger partial charge in [0.15, 0.2) is 45.9 Å². The number of carbonyl (C=O) groups excluding carboxylic acids is 4. The zero-order valence-corrected chi connectivity index (χ0v) is 26.4. The van der Waals surface area contributed by atoms with Gasteiger partial charge in [-0.15, -0.1) is 0 Å². The number of fused-ring (bicyclic) bond motifs is 7. The van der Waals surface area contributed by atoms with Gasteiger partial charge in [-0.1, -0.05) is 74.0 Å². The van der Waals surface area contributed by atoms with E-state index in [9.17, 15) is 19.2 Å². The van der Waals surface area contributed by atoms with E-state index in [1.807, 2.05) is 11.6 Å². The van der Waals surface area contributed by atoms with Gasteiger partial charge in [0, 0.05) is 30.7 Å². The Morgan fingerprint density at radius 2 is 0.886 bits per heavy atom. The molecule has 0 bridgehead atoms. The number of aliphatic imine (C=N–C) groups is 2. The number of hydrogen-bond donors (Lipinski definition) is 0. The molecule has 8 atom stereocenters. The van der Waals surface area contributed by atoms with Gasteiger partial charge in [-0.2, -0.15) is 9.97 Å². The summed E-state index contributed by atoms with van der Waals surface area (Å²) in [7, 11) is 1.86. The molecule has 0 spiro atoms. The standard InChI is InChI=1S/C33H35N5O4S2/c1-38-30-28(43-32(36-30)34-22-24(39)18-10-14-6-2-3-7-15(14)11-19(18)25(22)40)29-31(38)37-33(44-29)35-23-26(41)20-12-16-8-4-5-9-17(16)13-21(20)27(23)42/h14-21H,2-13H2,1H3. The van der Waals surface area contributed by atoms with Crippen molar-refractivity contribution in [3.8, 4) is 0 Å². The van der Waals surface area contributed by atoms with Gasteiger partial charge in [0.05, 0.1) is 9.40 Å². The Labute approximate surface area is 262 Å². The molecule has 11 heteroatoms. The van der Waals surface area contributed by atoms with E-state index in [0.717, 1.165) is 35.1 Å². The van der Waals surface area contributed by atoms with Crippen LogP contribution < -0.4 is 0 Å². The van der Waals surface area contributed by atoms with Crippen molar-refractivity contribution in [3.63, 3.8) is 0 Å². The predicted octanol–water partition coefficient (Wildman–Crippen LogP) is 6.36. The topological polar surface area (TPSA) is 124 Å². The van der Waals surface area contributed by atoms with Gasteiger partial charge in [-0.05, 0) is 49.4 Å². The summed E-state index contributed by atoms with van der Waals surface area (Å²) in [6.07, 6.45) is 12.8. The summed E-state index contributed by atoms with van der Waals surface area (Å²) in [6.45, 7) is 0. The highest BCUT2D eigenvalue weighted by atomic mass is 32.1. The molecule has 0 aromatic carbocycles. The van der Waals surface area contributed by atoms with Crippen molar-refractivity contribution in [1.82, 2.24) is 14.5 Å². The first-order valence-electron chi connectivity index (χ1n) is 16.5. The molecule has 6 fully saturated rings. The Bertz CT molecular complexity index is 1650. The van der Waals surface area contributed by atoms with Crippen molar-refractivity contribution < 1.29 is 19.2 Å². The summed E-state index contributed by atoms with van der Waals surface area (Å²) in [5.41, 5.74) is 1.52. The van der Waals surface area contributed by atoms with Crippen LogP contribution in [0.5, 0.6) is 0 Å². The molecular formula is C33H35N5O4S2. The fraction of sp³-hybridized carbons (Fsp3) is 0.636. The first-order valence-corrected chi connectivity index (χ1v) is 18.1. The lowest BCUT2D eigenvalue weighted by Gasteiger charge is -2.39. The second-order valence-corrected chi connectivity index (χ2v) is 16.2. The monoisotopic (exact) mass is 629 g/mol. The summed E-state index contributed by atoms with van der Waals surface area (Å²) in [6, 6.07) is 0. The minimum Gasteiger partial charge on any atom is -0.312 e. The molecule has 6 saturated carbocycles. The smallest absolute Gasteiger partial charge is 0.212 e. The summed E-state index contributed by atoms with van der Waals surface area (Å²) in [4.78, 5) is 72.1. The lowest BCUT2D eigenvalue weighted by molar-refractivity contribution is -0.123. The maximum atomic E-state index is 13.4. The van der Waals surface area contributed by atoms with Gasteiger partial charge >= 0.3 is 0 Å². The minimum atomic E-state index is -0.223. The second-order valence-electron chi connectivity index (χ2n) is 14.2. The van der Waals surface area contributed by atoms with Gasteiger partial charge in [-0.25, -0.2) is 9.98 Å². The number of nitrogens with zero attached hydrogens (tertiary/aromatic N) is 5. The van der Waals surface area contributed by atoms with Crippen LogP contribution >= 0.6 is 22.7 Å². The summed E-state index contributed by atoms with van der Waals surface area (Å²) in [5, 5.41) is 0.793. The average molecular weight is 630 g/mol. The average Bonchev–Trinajstić information content (AvgIpc) is 3.80. The lowest BCUT2D eigenvalue weighted by Crippen LogP contribution is -2.35. The van der Waals surface area contributed by atoms with Gasteiger partial charge in [-0.3, -0.25) is 19.2 Å². The number of Topliss-reactive ketones (excluding diaryl/α,β-unsaturated/α-hetero) is 4. The highest BCUT2D eigenvalue weighted by Crippen LogP contribution is 2.50. The number of carbonyl (C=O) groups is 4. The molecule has 9 rings (SSSR count). The summed E-state index contributed by atoms with van der Waals surface area (Å²) >= 11 is 2.68. The van der Waals surface area contributed by atoms with Crippen LogP contribution in [0.25, 0.3) is 20.7 Å². The van der Waals surface area contributed by atoms with Crippen LogP contribution in [0.15, 0.2) is 9.98 Å². The van der Waals surface area contributed by atoms with Crippen molar-refractivity contribution in [2.24, 2.45) is 64.4 Å². The maximum Gasteiger partial charge on any atom is 0.212 e. The first-order chi connectivity index (χ1) is 21.4. The molecule has 3 aromatic rings. The molecule has 9 nitrogen and oxygen atoms in total. The highest BCUT2D eigenvalue weighted by molar-refractivity contribution is 7.30. The molecule has 0 radical (unpaired) electrons. The molecule has 0 aliphatic heterocycles. The van der Waals surface area contributed by atoms with E-state index in [-0.39, 0.29) is 58.2 Å². The van der Waals surface area contributed by atoms with Crippen molar-refractivity contribution >= 4 is 88.2 Å². The summed E-state index contributed by atoms with van der Waals surface area (Å²) in [5.74, 6) is 0.936. The second kappa shape index (κ2) is 10.0. The molecular weight excluding hydrogens is 595 g/mol. The predicted molar refractivity (Wildman–Crippen MR) is 169 cm³/mol. The van der Waals surface area contributed by atoms with E-state index in [4.69, 9.17) is 9.97 Å². The Morgan fingerprint density at radius 1 is 0.568 bits per heavy atom. The lowest BCUT2D eigenvalue weighted by atomic mass is 9.64. The van der Waals surface area contributed by atoms with E-state index in [2.05, 4.69) is 9.98 Å². The van der Waals surface area contributed by atoms with E-state index in [1.165, 1.54) is 74.0 Å². The third kappa shape index (κ3) is 4.00. The molecule has 6 aliphatic rings. The van der Waals surface area contributed by atoms with Crippen LogP contribution in [-0.2, 0) is 26.2 Å². The van der Waals surface area contributed by atoms with Gasteiger partial charge in [0.25, 0.3) is 0 Å². The zero-order chi connectivity index (χ0) is 29.9. The quantitative estimate of drug-likeness (QED) is 0.325. The normalized spacial score (nSPS) is 35.3. The molecule has 0 N–H and O–H groups in total. The fourth-order valence-corrected chi connectivity index (χ4v) is 11.9. The Kier molecular flexibility index (Phi) is 6.25. The maximum absolute atomic E-state index is 13.4. The largest absolute Gasteiger partial charge is 0.312 e.